The van der Waals surface area contributed by atoms with Gasteiger partial charge >= 0.3 is 12.4 Å². The molecule has 0 aromatic heterocycles. The Labute approximate surface area is 188 Å². The Kier molecular flexibility index (Phi) is 6.96. The summed E-state index contributed by atoms with van der Waals surface area (Å²) in [4.78, 5) is 16.2. The number of nitrogens with zero attached hydrogens (tertiary/aromatic N) is 1. The van der Waals surface area contributed by atoms with Gasteiger partial charge in [0, 0.05) is 12.6 Å². The molecule has 1 amide bonds. The third-order valence-electron chi connectivity index (χ3n) is 4.47. The Morgan fingerprint density at radius 2 is 1.76 bits per heavy atom. The van der Waals surface area contributed by atoms with Crippen molar-refractivity contribution in [1.29, 1.82) is 0 Å². The average Bonchev–Trinajstić information content (AvgIpc) is 3.10. The fraction of sp³-hybridized carbons (Fsp3) is 0.238. The van der Waals surface area contributed by atoms with Crippen LogP contribution in [0.5, 0.6) is 11.5 Å². The molecule has 0 atom stereocenters. The van der Waals surface area contributed by atoms with Crippen molar-refractivity contribution in [3.63, 3.8) is 0 Å². The predicted octanol–water partition coefficient (Wildman–Crippen LogP) is 5.50. The molecule has 1 heterocycles. The summed E-state index contributed by atoms with van der Waals surface area (Å²) in [5, 5.41) is 3.01. The van der Waals surface area contributed by atoms with Crippen LogP contribution in [0.1, 0.15) is 22.3 Å². The Balaban J connectivity index is 1.84. The Morgan fingerprint density at radius 3 is 2.33 bits per heavy atom. The number of thioether (sulfide) groups is 1. The second-order valence-corrected chi connectivity index (χ2v) is 7.69. The smallest absolute Gasteiger partial charge is 0.416 e. The normalized spacial score (nSPS) is 16.9. The molecule has 12 heteroatoms. The zero-order valence-corrected chi connectivity index (χ0v) is 17.9. The van der Waals surface area contributed by atoms with Crippen LogP contribution in [-0.2, 0) is 23.8 Å². The maximum Gasteiger partial charge on any atom is 0.416 e. The number of halogens is 6. The van der Waals surface area contributed by atoms with Crippen molar-refractivity contribution < 1.29 is 40.6 Å². The number of amides is 1. The van der Waals surface area contributed by atoms with Crippen molar-refractivity contribution in [3.05, 3.63) is 63.6 Å². The molecule has 5 nitrogen and oxygen atoms in total. The number of hydrogen-bond acceptors (Lipinski definition) is 5. The first kappa shape index (κ1) is 24.5. The zero-order valence-electron chi connectivity index (χ0n) is 17.1. The van der Waals surface area contributed by atoms with Crippen LogP contribution in [0.25, 0.3) is 6.08 Å². The van der Waals surface area contributed by atoms with Gasteiger partial charge in [0.15, 0.2) is 16.7 Å². The summed E-state index contributed by atoms with van der Waals surface area (Å²) in [6.45, 7) is -0.641. The fourth-order valence-corrected chi connectivity index (χ4v) is 3.66. The molecule has 1 fully saturated rings. The van der Waals surface area contributed by atoms with Crippen LogP contribution in [0.3, 0.4) is 0 Å². The van der Waals surface area contributed by atoms with Crippen molar-refractivity contribution >= 4 is 28.9 Å². The molecule has 33 heavy (non-hydrogen) atoms. The second-order valence-electron chi connectivity index (χ2n) is 6.66. The van der Waals surface area contributed by atoms with Gasteiger partial charge in [-0.1, -0.05) is 12.1 Å². The Hall–Kier alpha value is -3.15. The Bertz CT molecular complexity index is 1130. The number of aliphatic imine (C=N–C) groups is 1. The summed E-state index contributed by atoms with van der Waals surface area (Å²) in [7, 11) is 2.85. The van der Waals surface area contributed by atoms with E-state index in [4.69, 9.17) is 9.47 Å². The summed E-state index contributed by atoms with van der Waals surface area (Å²) < 4.78 is 89.1. The molecule has 176 valence electrons. The maximum absolute atomic E-state index is 13.3. The van der Waals surface area contributed by atoms with Gasteiger partial charge in [0.05, 0.1) is 23.1 Å². The quantitative estimate of drug-likeness (QED) is 0.444. The standard InChI is InChI=1S/C21H16F6N2O3S/c1-28-19-29-18(30)17(33-19)8-11-3-6-15(16(7-11)31-2)32-10-12-4-5-13(20(22,23)24)9-14(12)21(25,26)27/h3-9H,10H2,1-2H3,(H,28,29,30)/b17-8-. The molecule has 0 bridgehead atoms. The number of carbonyl (C=O) groups is 1. The van der Waals surface area contributed by atoms with E-state index in [2.05, 4.69) is 10.3 Å². The van der Waals surface area contributed by atoms with Gasteiger partial charge in [-0.2, -0.15) is 26.3 Å². The molecule has 2 aromatic rings. The van der Waals surface area contributed by atoms with E-state index in [1.807, 2.05) is 0 Å². The number of benzene rings is 2. The number of amidine groups is 1. The minimum absolute atomic E-state index is 0.0589. The predicted molar refractivity (Wildman–Crippen MR) is 111 cm³/mol. The molecule has 0 radical (unpaired) electrons. The van der Waals surface area contributed by atoms with E-state index in [-0.39, 0.29) is 23.5 Å². The van der Waals surface area contributed by atoms with Crippen LogP contribution in [-0.4, -0.2) is 25.2 Å². The Morgan fingerprint density at radius 1 is 1.03 bits per heavy atom. The molecule has 1 aliphatic heterocycles. The molecule has 0 spiro atoms. The first-order valence-corrected chi connectivity index (χ1v) is 10.00. The van der Waals surface area contributed by atoms with Gasteiger partial charge in [-0.3, -0.25) is 9.79 Å². The third-order valence-corrected chi connectivity index (χ3v) is 5.47. The van der Waals surface area contributed by atoms with Crippen LogP contribution in [0.15, 0.2) is 46.3 Å². The number of hydrogen-bond donors (Lipinski definition) is 1. The van der Waals surface area contributed by atoms with Gasteiger partial charge in [-0.05, 0) is 47.7 Å². The zero-order chi connectivity index (χ0) is 24.4. The molecule has 0 saturated carbocycles. The summed E-state index contributed by atoms with van der Waals surface area (Å²) in [6, 6.07) is 5.85. The summed E-state index contributed by atoms with van der Waals surface area (Å²) >= 11 is 1.14. The van der Waals surface area contributed by atoms with Crippen LogP contribution < -0.4 is 14.8 Å². The van der Waals surface area contributed by atoms with E-state index in [1.54, 1.807) is 12.1 Å². The number of ether oxygens (including phenoxy) is 2. The molecule has 0 unspecified atom stereocenters. The lowest BCUT2D eigenvalue weighted by Crippen LogP contribution is -2.19. The summed E-state index contributed by atoms with van der Waals surface area (Å²) in [6.07, 6.45) is -8.34. The fourth-order valence-electron chi connectivity index (χ4n) is 2.87. The van der Waals surface area contributed by atoms with Crippen LogP contribution in [0.2, 0.25) is 0 Å². The van der Waals surface area contributed by atoms with Gasteiger partial charge < -0.3 is 14.8 Å². The number of alkyl halides is 6. The topological polar surface area (TPSA) is 59.9 Å². The summed E-state index contributed by atoms with van der Waals surface area (Å²) in [5.74, 6) is -0.0912. The molecule has 3 rings (SSSR count). The molecular weight excluding hydrogens is 474 g/mol. The number of rotatable bonds is 5. The molecule has 1 saturated heterocycles. The monoisotopic (exact) mass is 490 g/mol. The molecule has 2 aromatic carbocycles. The first-order chi connectivity index (χ1) is 15.4. The highest BCUT2D eigenvalue weighted by molar-refractivity contribution is 8.18. The largest absolute Gasteiger partial charge is 0.493 e. The highest BCUT2D eigenvalue weighted by Gasteiger charge is 2.38. The number of methoxy groups -OCH3 is 1. The van der Waals surface area contributed by atoms with Crippen molar-refractivity contribution in [1.82, 2.24) is 5.32 Å². The van der Waals surface area contributed by atoms with E-state index in [9.17, 15) is 31.1 Å². The van der Waals surface area contributed by atoms with Crippen molar-refractivity contribution in [2.45, 2.75) is 19.0 Å². The summed E-state index contributed by atoms with van der Waals surface area (Å²) in [5.41, 5.74) is -2.75. The molecule has 1 N–H and O–H groups in total. The van der Waals surface area contributed by atoms with Gasteiger partial charge in [0.1, 0.15) is 6.61 Å². The van der Waals surface area contributed by atoms with E-state index in [0.717, 1.165) is 17.8 Å². The second kappa shape index (κ2) is 9.38. The minimum Gasteiger partial charge on any atom is -0.493 e. The van der Waals surface area contributed by atoms with Gasteiger partial charge in [-0.15, -0.1) is 0 Å². The van der Waals surface area contributed by atoms with Crippen molar-refractivity contribution in [2.75, 3.05) is 14.2 Å². The van der Waals surface area contributed by atoms with Crippen LogP contribution >= 0.6 is 11.8 Å². The van der Waals surface area contributed by atoms with E-state index in [0.29, 0.717) is 21.7 Å². The van der Waals surface area contributed by atoms with Gasteiger partial charge in [-0.25, -0.2) is 0 Å². The number of nitrogens with one attached hydrogen (secondary N) is 1. The van der Waals surface area contributed by atoms with E-state index < -0.39 is 35.6 Å². The van der Waals surface area contributed by atoms with Gasteiger partial charge in [0.25, 0.3) is 5.91 Å². The van der Waals surface area contributed by atoms with Crippen molar-refractivity contribution in [2.24, 2.45) is 4.99 Å². The average molecular weight is 490 g/mol. The first-order valence-electron chi connectivity index (χ1n) is 9.18. The number of carbonyl (C=O) groups excluding carboxylic acids is 1. The maximum atomic E-state index is 13.3. The molecule has 0 aliphatic carbocycles. The lowest BCUT2D eigenvalue weighted by atomic mass is 10.0. The molecule has 1 aliphatic rings. The highest BCUT2D eigenvalue weighted by atomic mass is 32.2. The van der Waals surface area contributed by atoms with Crippen molar-refractivity contribution in [3.8, 4) is 11.5 Å². The minimum atomic E-state index is -5.00. The SMILES string of the molecule is CN=C1NC(=O)/C(=C/c2ccc(OCc3ccc(C(F)(F)F)cc3C(F)(F)F)c(OC)c2)S1. The van der Waals surface area contributed by atoms with Gasteiger partial charge in [0.2, 0.25) is 0 Å². The lowest BCUT2D eigenvalue weighted by molar-refractivity contribution is -0.143. The highest BCUT2D eigenvalue weighted by Crippen LogP contribution is 2.38. The van der Waals surface area contributed by atoms with Crippen LogP contribution in [0, 0.1) is 0 Å². The third kappa shape index (κ3) is 5.81. The lowest BCUT2D eigenvalue weighted by Gasteiger charge is -2.17. The molecular formula is C21H16F6N2O3S. The van der Waals surface area contributed by atoms with E-state index >= 15 is 0 Å². The van der Waals surface area contributed by atoms with Crippen LogP contribution in [0.4, 0.5) is 26.3 Å². The van der Waals surface area contributed by atoms with E-state index in [1.165, 1.54) is 26.3 Å².